The molecule has 1 heterocycles. The summed E-state index contributed by atoms with van der Waals surface area (Å²) in [6.07, 6.45) is 6.58. The highest BCUT2D eigenvalue weighted by molar-refractivity contribution is 5.93. The molecule has 0 aliphatic heterocycles. The molecule has 0 fully saturated rings. The second-order valence-corrected chi connectivity index (χ2v) is 5.48. The number of aromatic nitrogens is 2. The average Bonchev–Trinajstić information content (AvgIpc) is 2.99. The fraction of sp³-hybridized carbons (Fsp3) is 0.278. The van der Waals surface area contributed by atoms with Crippen molar-refractivity contribution in [2.45, 2.75) is 13.5 Å². The molecule has 2 aromatic rings. The van der Waals surface area contributed by atoms with E-state index in [1.165, 1.54) is 18.1 Å². The van der Waals surface area contributed by atoms with E-state index in [1.54, 1.807) is 30.2 Å². The molecule has 0 saturated carbocycles. The smallest absolute Gasteiger partial charge is 0.325 e. The molecule has 0 N–H and O–H groups in total. The Morgan fingerprint density at radius 3 is 2.71 bits per heavy atom. The third-order valence-corrected chi connectivity index (χ3v) is 3.62. The van der Waals surface area contributed by atoms with Gasteiger partial charge in [0.25, 0.3) is 0 Å². The fourth-order valence-corrected chi connectivity index (χ4v) is 2.22. The number of amides is 1. The molecule has 1 aromatic carbocycles. The van der Waals surface area contributed by atoms with E-state index >= 15 is 0 Å². The summed E-state index contributed by atoms with van der Waals surface area (Å²) in [7, 11) is 3.12. The first-order valence-corrected chi connectivity index (χ1v) is 7.56. The molecule has 1 amide bonds. The zero-order valence-electron chi connectivity index (χ0n) is 14.1. The van der Waals surface area contributed by atoms with Crippen molar-refractivity contribution in [3.8, 4) is 0 Å². The highest BCUT2D eigenvalue weighted by Gasteiger charge is 2.16. The van der Waals surface area contributed by atoms with Crippen LogP contribution in [0.5, 0.6) is 0 Å². The Labute approximate surface area is 141 Å². The number of hydrogen-bond donors (Lipinski definition) is 0. The van der Waals surface area contributed by atoms with Crippen LogP contribution in [0.25, 0.3) is 6.08 Å². The Kier molecular flexibility index (Phi) is 5.89. The second-order valence-electron chi connectivity index (χ2n) is 5.48. The van der Waals surface area contributed by atoms with Gasteiger partial charge in [-0.1, -0.05) is 24.3 Å². The molecule has 0 aliphatic rings. The summed E-state index contributed by atoms with van der Waals surface area (Å²) < 4.78 is 6.35. The van der Waals surface area contributed by atoms with Gasteiger partial charge in [-0.25, -0.2) is 0 Å². The van der Waals surface area contributed by atoms with E-state index in [-0.39, 0.29) is 12.5 Å². The maximum atomic E-state index is 12.5. The lowest BCUT2D eigenvalue weighted by molar-refractivity contribution is -0.145. The third kappa shape index (κ3) is 4.81. The quantitative estimate of drug-likeness (QED) is 0.601. The lowest BCUT2D eigenvalue weighted by Crippen LogP contribution is -2.34. The van der Waals surface area contributed by atoms with E-state index in [0.717, 1.165) is 16.7 Å². The highest BCUT2D eigenvalue weighted by atomic mass is 16.5. The van der Waals surface area contributed by atoms with Crippen molar-refractivity contribution < 1.29 is 14.3 Å². The van der Waals surface area contributed by atoms with Gasteiger partial charge < -0.3 is 9.64 Å². The van der Waals surface area contributed by atoms with Gasteiger partial charge in [-0.2, -0.15) is 5.10 Å². The van der Waals surface area contributed by atoms with Gasteiger partial charge in [0.05, 0.1) is 13.3 Å². The number of hydrogen-bond acceptors (Lipinski definition) is 4. The van der Waals surface area contributed by atoms with E-state index in [9.17, 15) is 9.59 Å². The Hall–Kier alpha value is -2.89. The normalized spacial score (nSPS) is 10.8. The summed E-state index contributed by atoms with van der Waals surface area (Å²) in [6.45, 7) is 2.22. The lowest BCUT2D eigenvalue weighted by atomic mass is 10.1. The van der Waals surface area contributed by atoms with Gasteiger partial charge in [-0.3, -0.25) is 14.3 Å². The topological polar surface area (TPSA) is 64.4 Å². The van der Waals surface area contributed by atoms with Gasteiger partial charge in [0, 0.05) is 31.4 Å². The van der Waals surface area contributed by atoms with Crippen molar-refractivity contribution in [1.82, 2.24) is 14.7 Å². The van der Waals surface area contributed by atoms with Crippen LogP contribution in [0.15, 0.2) is 42.7 Å². The Morgan fingerprint density at radius 2 is 2.08 bits per heavy atom. The van der Waals surface area contributed by atoms with Gasteiger partial charge in [0.2, 0.25) is 5.91 Å². The van der Waals surface area contributed by atoms with Crippen molar-refractivity contribution in [3.63, 3.8) is 0 Å². The SMILES string of the molecule is COC(=O)CN(Cc1ccccc1C)C(=O)/C=C/c1cnn(C)c1. The number of methoxy groups -OCH3 is 1. The maximum Gasteiger partial charge on any atom is 0.325 e. The second kappa shape index (κ2) is 8.10. The zero-order valence-corrected chi connectivity index (χ0v) is 14.1. The minimum Gasteiger partial charge on any atom is -0.468 e. The van der Waals surface area contributed by atoms with Gasteiger partial charge in [0.15, 0.2) is 0 Å². The number of aryl methyl sites for hydroxylation is 2. The first-order chi connectivity index (χ1) is 11.5. The number of esters is 1. The van der Waals surface area contributed by atoms with Gasteiger partial charge in [-0.05, 0) is 24.1 Å². The molecule has 6 nitrogen and oxygen atoms in total. The van der Waals surface area contributed by atoms with E-state index in [4.69, 9.17) is 4.74 Å². The molecule has 0 saturated heterocycles. The van der Waals surface area contributed by atoms with Gasteiger partial charge in [-0.15, -0.1) is 0 Å². The largest absolute Gasteiger partial charge is 0.468 e. The fourth-order valence-electron chi connectivity index (χ4n) is 2.22. The molecule has 0 unspecified atom stereocenters. The van der Waals surface area contributed by atoms with E-state index in [0.29, 0.717) is 6.54 Å². The van der Waals surface area contributed by atoms with Crippen LogP contribution < -0.4 is 0 Å². The first kappa shape index (κ1) is 17.5. The highest BCUT2D eigenvalue weighted by Crippen LogP contribution is 2.11. The zero-order chi connectivity index (χ0) is 17.5. The van der Waals surface area contributed by atoms with Crippen LogP contribution in [0.2, 0.25) is 0 Å². The number of carbonyl (C=O) groups is 2. The van der Waals surface area contributed by atoms with Crippen LogP contribution in [0, 0.1) is 6.92 Å². The lowest BCUT2D eigenvalue weighted by Gasteiger charge is -2.21. The molecule has 1 aromatic heterocycles. The van der Waals surface area contributed by atoms with Gasteiger partial charge >= 0.3 is 5.97 Å². The first-order valence-electron chi connectivity index (χ1n) is 7.56. The molecule has 6 heteroatoms. The van der Waals surface area contributed by atoms with Crippen molar-refractivity contribution >= 4 is 18.0 Å². The Morgan fingerprint density at radius 1 is 1.33 bits per heavy atom. The van der Waals surface area contributed by atoms with Crippen LogP contribution in [0.4, 0.5) is 0 Å². The monoisotopic (exact) mass is 327 g/mol. The van der Waals surface area contributed by atoms with Crippen LogP contribution >= 0.6 is 0 Å². The van der Waals surface area contributed by atoms with Crippen molar-refractivity contribution in [2.75, 3.05) is 13.7 Å². The molecule has 0 spiro atoms. The number of benzene rings is 1. The summed E-state index contributed by atoms with van der Waals surface area (Å²) in [4.78, 5) is 25.6. The summed E-state index contributed by atoms with van der Waals surface area (Å²) in [5.41, 5.74) is 2.88. The number of nitrogens with zero attached hydrogens (tertiary/aromatic N) is 3. The average molecular weight is 327 g/mol. The predicted molar refractivity (Wildman–Crippen MR) is 90.9 cm³/mol. The molecule has 126 valence electrons. The number of ether oxygens (including phenoxy) is 1. The molecular weight excluding hydrogens is 306 g/mol. The van der Waals surface area contributed by atoms with Gasteiger partial charge in [0.1, 0.15) is 6.54 Å². The molecule has 0 aliphatic carbocycles. The minimum atomic E-state index is -0.452. The summed E-state index contributed by atoms with van der Waals surface area (Å²) in [5.74, 6) is -0.709. The Bertz CT molecular complexity index is 749. The van der Waals surface area contributed by atoms with Crippen LogP contribution in [-0.2, 0) is 27.9 Å². The Balaban J connectivity index is 2.15. The molecular formula is C18H21N3O3. The van der Waals surface area contributed by atoms with Crippen molar-refractivity contribution in [3.05, 3.63) is 59.4 Å². The minimum absolute atomic E-state index is 0.0962. The summed E-state index contributed by atoms with van der Waals surface area (Å²) in [5, 5.41) is 4.05. The van der Waals surface area contributed by atoms with Crippen molar-refractivity contribution in [1.29, 1.82) is 0 Å². The molecule has 0 bridgehead atoms. The number of rotatable bonds is 6. The maximum absolute atomic E-state index is 12.5. The summed E-state index contributed by atoms with van der Waals surface area (Å²) >= 11 is 0. The molecule has 24 heavy (non-hydrogen) atoms. The molecule has 0 atom stereocenters. The standard InChI is InChI=1S/C18H21N3O3/c1-14-6-4-5-7-16(14)12-21(13-18(23)24-3)17(22)9-8-15-10-19-20(2)11-15/h4-11H,12-13H2,1-3H3/b9-8+. The van der Waals surface area contributed by atoms with E-state index in [1.807, 2.05) is 31.2 Å². The number of carbonyl (C=O) groups excluding carboxylic acids is 2. The van der Waals surface area contributed by atoms with Crippen LogP contribution in [0.3, 0.4) is 0 Å². The predicted octanol–water partition coefficient (Wildman–Crippen LogP) is 1.94. The van der Waals surface area contributed by atoms with E-state index < -0.39 is 5.97 Å². The van der Waals surface area contributed by atoms with Crippen LogP contribution in [0.1, 0.15) is 16.7 Å². The molecule has 2 rings (SSSR count). The van der Waals surface area contributed by atoms with E-state index in [2.05, 4.69) is 5.10 Å². The van der Waals surface area contributed by atoms with Crippen molar-refractivity contribution in [2.24, 2.45) is 7.05 Å². The third-order valence-electron chi connectivity index (χ3n) is 3.62. The summed E-state index contributed by atoms with van der Waals surface area (Å²) in [6, 6.07) is 7.77. The van der Waals surface area contributed by atoms with Crippen LogP contribution in [-0.4, -0.2) is 40.2 Å². The molecule has 0 radical (unpaired) electrons.